The molecule has 98 valence electrons. The fourth-order valence-corrected chi connectivity index (χ4v) is 2.68. The van der Waals surface area contributed by atoms with Crippen molar-refractivity contribution < 1.29 is 14.6 Å². The molecule has 0 unspecified atom stereocenters. The number of halogens is 1. The Morgan fingerprint density at radius 3 is 2.72 bits per heavy atom. The molecule has 0 aromatic heterocycles. The molecule has 1 heterocycles. The highest BCUT2D eigenvalue weighted by Crippen LogP contribution is 2.31. The first kappa shape index (κ1) is 13.2. The van der Waals surface area contributed by atoms with Gasteiger partial charge in [0.05, 0.1) is 30.3 Å². The molecule has 7 heteroatoms. The molecule has 4 N–H and O–H groups in total. The van der Waals surface area contributed by atoms with Crippen molar-refractivity contribution in [2.45, 2.75) is 0 Å². The van der Waals surface area contributed by atoms with Gasteiger partial charge >= 0.3 is 6.09 Å². The number of morpholine rings is 1. The van der Waals surface area contributed by atoms with Crippen LogP contribution in [0.25, 0.3) is 0 Å². The van der Waals surface area contributed by atoms with Crippen LogP contribution in [0.2, 0.25) is 0 Å². The molecule has 1 aromatic carbocycles. The summed E-state index contributed by atoms with van der Waals surface area (Å²) in [7, 11) is 0. The monoisotopic (exact) mass is 363 g/mol. The normalized spacial score (nSPS) is 15.5. The summed E-state index contributed by atoms with van der Waals surface area (Å²) in [5.74, 6) is 0. The lowest BCUT2D eigenvalue weighted by Gasteiger charge is -2.30. The van der Waals surface area contributed by atoms with E-state index < -0.39 is 6.09 Å². The van der Waals surface area contributed by atoms with Crippen molar-refractivity contribution in [3.8, 4) is 0 Å². The van der Waals surface area contributed by atoms with Crippen molar-refractivity contribution in [2.24, 2.45) is 0 Å². The molecule has 0 saturated carbocycles. The number of hydrogen-bond acceptors (Lipinski definition) is 4. The van der Waals surface area contributed by atoms with Crippen molar-refractivity contribution in [2.75, 3.05) is 42.3 Å². The third-order valence-corrected chi connectivity index (χ3v) is 3.58. The van der Waals surface area contributed by atoms with Gasteiger partial charge in [-0.15, -0.1) is 0 Å². The molecule has 2 rings (SSSR count). The summed E-state index contributed by atoms with van der Waals surface area (Å²) in [6.07, 6.45) is -1.11. The molecule has 1 aromatic rings. The number of rotatable bonds is 2. The number of ether oxygens (including phenoxy) is 1. The zero-order valence-electron chi connectivity index (χ0n) is 9.65. The standard InChI is InChI=1S/C11H14IN3O3/c12-7-5-8(13)9(14-11(16)17)6-10(7)15-1-3-18-4-2-15/h5-6,14H,1-4,13H2,(H,16,17). The Bertz CT molecular complexity index is 461. The third-order valence-electron chi connectivity index (χ3n) is 2.71. The van der Waals surface area contributed by atoms with Crippen molar-refractivity contribution in [3.05, 3.63) is 15.7 Å². The van der Waals surface area contributed by atoms with Gasteiger partial charge in [-0.1, -0.05) is 0 Å². The van der Waals surface area contributed by atoms with Gasteiger partial charge in [-0.2, -0.15) is 0 Å². The zero-order valence-corrected chi connectivity index (χ0v) is 11.8. The summed E-state index contributed by atoms with van der Waals surface area (Å²) in [4.78, 5) is 12.9. The maximum Gasteiger partial charge on any atom is 0.409 e. The van der Waals surface area contributed by atoms with Gasteiger partial charge in [0.1, 0.15) is 0 Å². The minimum atomic E-state index is -1.11. The average molecular weight is 363 g/mol. The van der Waals surface area contributed by atoms with Crippen molar-refractivity contribution in [1.29, 1.82) is 0 Å². The predicted octanol–water partition coefficient (Wildman–Crippen LogP) is 1.80. The number of amides is 1. The molecule has 6 nitrogen and oxygen atoms in total. The topological polar surface area (TPSA) is 87.8 Å². The van der Waals surface area contributed by atoms with Gasteiger partial charge in [-0.05, 0) is 34.7 Å². The Morgan fingerprint density at radius 2 is 2.11 bits per heavy atom. The SMILES string of the molecule is Nc1cc(I)c(N2CCOCC2)cc1NC(=O)O. The number of carboxylic acid groups (broad SMARTS) is 1. The first-order chi connectivity index (χ1) is 8.58. The van der Waals surface area contributed by atoms with Crippen LogP contribution in [0.15, 0.2) is 12.1 Å². The Morgan fingerprint density at radius 1 is 1.44 bits per heavy atom. The number of nitrogen functional groups attached to an aromatic ring is 1. The summed E-state index contributed by atoms with van der Waals surface area (Å²) in [6.45, 7) is 2.96. The molecule has 0 radical (unpaired) electrons. The minimum Gasteiger partial charge on any atom is -0.465 e. The lowest BCUT2D eigenvalue weighted by Crippen LogP contribution is -2.36. The molecule has 1 amide bonds. The highest BCUT2D eigenvalue weighted by molar-refractivity contribution is 14.1. The van der Waals surface area contributed by atoms with E-state index in [-0.39, 0.29) is 0 Å². The van der Waals surface area contributed by atoms with Crippen LogP contribution in [0, 0.1) is 3.57 Å². The highest BCUT2D eigenvalue weighted by atomic mass is 127. The van der Waals surface area contributed by atoms with Gasteiger partial charge in [-0.3, -0.25) is 5.32 Å². The van der Waals surface area contributed by atoms with E-state index in [4.69, 9.17) is 15.6 Å². The second-order valence-electron chi connectivity index (χ2n) is 3.92. The van der Waals surface area contributed by atoms with E-state index in [1.165, 1.54) is 0 Å². The maximum atomic E-state index is 10.7. The van der Waals surface area contributed by atoms with Crippen LogP contribution >= 0.6 is 22.6 Å². The van der Waals surface area contributed by atoms with Gasteiger partial charge in [0.15, 0.2) is 0 Å². The molecule has 0 bridgehead atoms. The summed E-state index contributed by atoms with van der Waals surface area (Å²) in [5.41, 5.74) is 7.63. The molecular formula is C11H14IN3O3. The smallest absolute Gasteiger partial charge is 0.409 e. The number of hydrogen-bond donors (Lipinski definition) is 3. The number of nitrogens with one attached hydrogen (secondary N) is 1. The van der Waals surface area contributed by atoms with E-state index >= 15 is 0 Å². The van der Waals surface area contributed by atoms with E-state index in [1.807, 2.05) is 0 Å². The van der Waals surface area contributed by atoms with E-state index in [0.29, 0.717) is 24.6 Å². The summed E-state index contributed by atoms with van der Waals surface area (Å²) in [5, 5.41) is 11.1. The molecular weight excluding hydrogens is 349 g/mol. The Kier molecular flexibility index (Phi) is 4.12. The maximum absolute atomic E-state index is 10.7. The van der Waals surface area contributed by atoms with Crippen LogP contribution in [-0.2, 0) is 4.74 Å². The number of benzene rings is 1. The van der Waals surface area contributed by atoms with E-state index in [9.17, 15) is 4.79 Å². The van der Waals surface area contributed by atoms with Gasteiger partial charge < -0.3 is 20.5 Å². The molecule has 0 spiro atoms. The van der Waals surface area contributed by atoms with Crippen molar-refractivity contribution >= 4 is 45.7 Å². The number of carbonyl (C=O) groups is 1. The van der Waals surface area contributed by atoms with Crippen LogP contribution in [0.4, 0.5) is 21.9 Å². The Labute approximate surface area is 118 Å². The predicted molar refractivity (Wildman–Crippen MR) is 78.3 cm³/mol. The largest absolute Gasteiger partial charge is 0.465 e. The molecule has 1 fully saturated rings. The number of nitrogens with zero attached hydrogens (tertiary/aromatic N) is 1. The van der Waals surface area contributed by atoms with Gasteiger partial charge in [0, 0.05) is 16.7 Å². The summed E-state index contributed by atoms with van der Waals surface area (Å²) in [6, 6.07) is 3.55. The molecule has 1 aliphatic heterocycles. The fraction of sp³-hybridized carbons (Fsp3) is 0.364. The van der Waals surface area contributed by atoms with Gasteiger partial charge in [0.25, 0.3) is 0 Å². The van der Waals surface area contributed by atoms with Crippen LogP contribution in [0.3, 0.4) is 0 Å². The molecule has 0 aliphatic carbocycles. The lowest BCUT2D eigenvalue weighted by molar-refractivity contribution is 0.122. The minimum absolute atomic E-state index is 0.421. The first-order valence-electron chi connectivity index (χ1n) is 5.49. The number of anilines is 3. The second kappa shape index (κ2) is 5.61. The molecule has 1 aliphatic rings. The lowest BCUT2D eigenvalue weighted by atomic mass is 10.2. The van der Waals surface area contributed by atoms with E-state index in [0.717, 1.165) is 22.3 Å². The molecule has 1 saturated heterocycles. The van der Waals surface area contributed by atoms with Crippen molar-refractivity contribution in [3.63, 3.8) is 0 Å². The van der Waals surface area contributed by atoms with Crippen LogP contribution in [0.5, 0.6) is 0 Å². The van der Waals surface area contributed by atoms with E-state index in [2.05, 4.69) is 32.8 Å². The van der Waals surface area contributed by atoms with E-state index in [1.54, 1.807) is 12.1 Å². The zero-order chi connectivity index (χ0) is 13.1. The number of nitrogens with two attached hydrogens (primary N) is 1. The Hall–Kier alpha value is -1.22. The van der Waals surface area contributed by atoms with Gasteiger partial charge in [-0.25, -0.2) is 4.79 Å². The summed E-state index contributed by atoms with van der Waals surface area (Å²) >= 11 is 2.20. The molecule has 18 heavy (non-hydrogen) atoms. The first-order valence-corrected chi connectivity index (χ1v) is 6.57. The van der Waals surface area contributed by atoms with Crippen LogP contribution in [0.1, 0.15) is 0 Å². The summed E-state index contributed by atoms with van der Waals surface area (Å²) < 4.78 is 6.30. The average Bonchev–Trinajstić information content (AvgIpc) is 2.33. The molecule has 0 atom stereocenters. The van der Waals surface area contributed by atoms with Crippen LogP contribution in [-0.4, -0.2) is 37.5 Å². The third kappa shape index (κ3) is 2.96. The second-order valence-corrected chi connectivity index (χ2v) is 5.08. The quantitative estimate of drug-likeness (QED) is 0.551. The Balaban J connectivity index is 2.30. The highest BCUT2D eigenvalue weighted by Gasteiger charge is 2.16. The fourth-order valence-electron chi connectivity index (χ4n) is 1.85. The van der Waals surface area contributed by atoms with Crippen molar-refractivity contribution in [1.82, 2.24) is 0 Å². The van der Waals surface area contributed by atoms with Gasteiger partial charge in [0.2, 0.25) is 0 Å². The van der Waals surface area contributed by atoms with Crippen LogP contribution < -0.4 is 16.0 Å².